The first kappa shape index (κ1) is 58.1. The minimum Gasteiger partial charge on any atom is -0.462 e. The molecule has 352 valence electrons. The number of esters is 3. The highest BCUT2D eigenvalue weighted by Gasteiger charge is 2.19. The van der Waals surface area contributed by atoms with E-state index in [1.165, 1.54) is 116 Å². The van der Waals surface area contributed by atoms with Crippen molar-refractivity contribution in [3.63, 3.8) is 0 Å². The van der Waals surface area contributed by atoms with Crippen molar-refractivity contribution in [2.75, 3.05) is 13.2 Å². The molecule has 0 aromatic carbocycles. The summed E-state index contributed by atoms with van der Waals surface area (Å²) in [6.45, 7) is 6.46. The first-order chi connectivity index (χ1) is 30.0. The number of ether oxygens (including phenoxy) is 3. The summed E-state index contributed by atoms with van der Waals surface area (Å²) in [7, 11) is 0. The van der Waals surface area contributed by atoms with Gasteiger partial charge in [-0.2, -0.15) is 0 Å². The van der Waals surface area contributed by atoms with Crippen molar-refractivity contribution in [1.82, 2.24) is 0 Å². The zero-order valence-electron chi connectivity index (χ0n) is 40.2. The van der Waals surface area contributed by atoms with Crippen molar-refractivity contribution in [1.29, 1.82) is 0 Å². The van der Waals surface area contributed by atoms with Gasteiger partial charge in [-0.15, -0.1) is 0 Å². The van der Waals surface area contributed by atoms with Crippen LogP contribution < -0.4 is 0 Å². The van der Waals surface area contributed by atoms with E-state index in [4.69, 9.17) is 14.2 Å². The number of hydrogen-bond acceptors (Lipinski definition) is 6. The smallest absolute Gasteiger partial charge is 0.306 e. The van der Waals surface area contributed by atoms with Gasteiger partial charge in [-0.1, -0.05) is 197 Å². The molecule has 0 aliphatic carbocycles. The van der Waals surface area contributed by atoms with Crippen LogP contribution in [0.5, 0.6) is 0 Å². The molecular weight excluding hydrogens is 757 g/mol. The summed E-state index contributed by atoms with van der Waals surface area (Å²) in [6, 6.07) is 0. The summed E-state index contributed by atoms with van der Waals surface area (Å²) >= 11 is 0. The summed E-state index contributed by atoms with van der Waals surface area (Å²) in [5.41, 5.74) is 0. The fourth-order valence-corrected chi connectivity index (χ4v) is 7.08. The zero-order chi connectivity index (χ0) is 44.4. The van der Waals surface area contributed by atoms with Crippen LogP contribution >= 0.6 is 0 Å². The third kappa shape index (κ3) is 48.0. The molecule has 0 rings (SSSR count). The van der Waals surface area contributed by atoms with Gasteiger partial charge in [0.1, 0.15) is 13.2 Å². The van der Waals surface area contributed by atoms with Gasteiger partial charge in [0.05, 0.1) is 0 Å². The standard InChI is InChI=1S/C55H96O6/c1-4-7-10-13-16-19-22-24-25-26-27-28-29-31-33-36-39-42-45-48-54(57)60-51-52(50-59-53(56)47-44-41-38-35-32-21-18-15-12-9-6-3)61-55(58)49-46-43-40-37-34-30-23-20-17-14-11-8-5-2/h7,10,15-16,18-19,24-25,30,34,52H,4-6,8-9,11-14,17,20-23,26-29,31-33,35-51H2,1-3H3/b10-7-,18-15-,19-16-,25-24-,34-30-. The molecule has 0 radical (unpaired) electrons. The van der Waals surface area contributed by atoms with Crippen molar-refractivity contribution in [2.45, 2.75) is 258 Å². The van der Waals surface area contributed by atoms with Crippen LogP contribution in [0, 0.1) is 0 Å². The first-order valence-electron chi connectivity index (χ1n) is 25.8. The Balaban J connectivity index is 4.35. The van der Waals surface area contributed by atoms with Crippen LogP contribution in [0.15, 0.2) is 60.8 Å². The Morgan fingerprint density at radius 3 is 1.08 bits per heavy atom. The molecule has 0 aromatic rings. The molecule has 0 aliphatic heterocycles. The molecule has 0 amide bonds. The van der Waals surface area contributed by atoms with Crippen molar-refractivity contribution in [2.24, 2.45) is 0 Å². The Morgan fingerprint density at radius 1 is 0.344 bits per heavy atom. The van der Waals surface area contributed by atoms with E-state index in [-0.39, 0.29) is 31.1 Å². The lowest BCUT2D eigenvalue weighted by molar-refractivity contribution is -0.167. The van der Waals surface area contributed by atoms with Gasteiger partial charge in [0.25, 0.3) is 0 Å². The van der Waals surface area contributed by atoms with E-state index >= 15 is 0 Å². The van der Waals surface area contributed by atoms with Crippen LogP contribution in [0.1, 0.15) is 252 Å². The number of hydrogen-bond donors (Lipinski definition) is 0. The Morgan fingerprint density at radius 2 is 0.656 bits per heavy atom. The predicted octanol–water partition coefficient (Wildman–Crippen LogP) is 16.9. The Labute approximate surface area is 377 Å². The molecule has 0 saturated carbocycles. The molecule has 6 heteroatoms. The average molecular weight is 853 g/mol. The number of carbonyl (C=O) groups excluding carboxylic acids is 3. The lowest BCUT2D eigenvalue weighted by atomic mass is 10.1. The van der Waals surface area contributed by atoms with Crippen molar-refractivity contribution < 1.29 is 28.6 Å². The highest BCUT2D eigenvalue weighted by atomic mass is 16.6. The topological polar surface area (TPSA) is 78.9 Å². The summed E-state index contributed by atoms with van der Waals surface area (Å²) in [5, 5.41) is 0. The lowest BCUT2D eigenvalue weighted by Crippen LogP contribution is -2.30. The van der Waals surface area contributed by atoms with Crippen LogP contribution in [-0.2, 0) is 28.6 Å². The van der Waals surface area contributed by atoms with Crippen LogP contribution in [0.2, 0.25) is 0 Å². The normalized spacial score (nSPS) is 12.5. The largest absolute Gasteiger partial charge is 0.462 e. The fraction of sp³-hybridized carbons (Fsp3) is 0.764. The van der Waals surface area contributed by atoms with E-state index in [2.05, 4.69) is 81.5 Å². The van der Waals surface area contributed by atoms with Crippen LogP contribution in [0.3, 0.4) is 0 Å². The second kappa shape index (κ2) is 49.8. The molecule has 0 spiro atoms. The van der Waals surface area contributed by atoms with Crippen molar-refractivity contribution >= 4 is 17.9 Å². The predicted molar refractivity (Wildman–Crippen MR) is 261 cm³/mol. The maximum absolute atomic E-state index is 12.8. The van der Waals surface area contributed by atoms with Crippen molar-refractivity contribution in [3.8, 4) is 0 Å². The maximum atomic E-state index is 12.8. The number of rotatable bonds is 46. The van der Waals surface area contributed by atoms with E-state index in [1.807, 2.05) is 0 Å². The fourth-order valence-electron chi connectivity index (χ4n) is 7.08. The van der Waals surface area contributed by atoms with Crippen LogP contribution in [0.25, 0.3) is 0 Å². The molecule has 0 heterocycles. The van der Waals surface area contributed by atoms with Crippen LogP contribution in [-0.4, -0.2) is 37.2 Å². The number of carbonyl (C=O) groups is 3. The quantitative estimate of drug-likeness (QED) is 0.0263. The Kier molecular flexibility index (Phi) is 47.4. The van der Waals surface area contributed by atoms with Gasteiger partial charge in [-0.05, 0) is 96.3 Å². The number of unbranched alkanes of at least 4 members (excludes halogenated alkanes) is 25. The summed E-state index contributed by atoms with van der Waals surface area (Å²) in [6.07, 6.45) is 60.6. The highest BCUT2D eigenvalue weighted by Crippen LogP contribution is 2.14. The second-order valence-corrected chi connectivity index (χ2v) is 17.0. The maximum Gasteiger partial charge on any atom is 0.306 e. The third-order valence-electron chi connectivity index (χ3n) is 11.0. The molecule has 0 fully saturated rings. The molecule has 6 nitrogen and oxygen atoms in total. The van der Waals surface area contributed by atoms with Gasteiger partial charge >= 0.3 is 17.9 Å². The number of allylic oxidation sites excluding steroid dienone is 10. The molecule has 1 atom stereocenters. The molecule has 0 aromatic heterocycles. The third-order valence-corrected chi connectivity index (χ3v) is 11.0. The molecule has 0 saturated heterocycles. The molecule has 0 bridgehead atoms. The van der Waals surface area contributed by atoms with Gasteiger partial charge in [-0.25, -0.2) is 0 Å². The van der Waals surface area contributed by atoms with E-state index in [1.54, 1.807) is 0 Å². The van der Waals surface area contributed by atoms with Gasteiger partial charge < -0.3 is 14.2 Å². The van der Waals surface area contributed by atoms with Crippen molar-refractivity contribution in [3.05, 3.63) is 60.8 Å². The van der Waals surface area contributed by atoms with Gasteiger partial charge in [0.15, 0.2) is 6.10 Å². The lowest BCUT2D eigenvalue weighted by Gasteiger charge is -2.18. The Hall–Kier alpha value is -2.89. The first-order valence-corrected chi connectivity index (χ1v) is 25.8. The summed E-state index contributed by atoms with van der Waals surface area (Å²) in [4.78, 5) is 37.9. The summed E-state index contributed by atoms with van der Waals surface area (Å²) in [5.74, 6) is -0.914. The molecule has 61 heavy (non-hydrogen) atoms. The highest BCUT2D eigenvalue weighted by molar-refractivity contribution is 5.71. The van der Waals surface area contributed by atoms with E-state index in [0.29, 0.717) is 19.3 Å². The van der Waals surface area contributed by atoms with E-state index in [9.17, 15) is 14.4 Å². The monoisotopic (exact) mass is 853 g/mol. The van der Waals surface area contributed by atoms with E-state index in [0.717, 1.165) is 96.3 Å². The molecule has 0 aliphatic rings. The summed E-state index contributed by atoms with van der Waals surface area (Å²) < 4.78 is 16.8. The molecule has 1 unspecified atom stereocenters. The molecule has 0 N–H and O–H groups in total. The second-order valence-electron chi connectivity index (χ2n) is 17.0. The van der Waals surface area contributed by atoms with E-state index < -0.39 is 6.10 Å². The van der Waals surface area contributed by atoms with Crippen LogP contribution in [0.4, 0.5) is 0 Å². The SMILES string of the molecule is CC/C=C\C/C=C\C/C=C\CCCCCCCCCCCC(=O)OCC(COC(=O)CCCCCCC/C=C\CCCC)OC(=O)CCCCC/C=C\CCCCCCCC. The van der Waals surface area contributed by atoms with Gasteiger partial charge in [0.2, 0.25) is 0 Å². The minimum absolute atomic E-state index is 0.0854. The van der Waals surface area contributed by atoms with Gasteiger partial charge in [0, 0.05) is 19.3 Å². The zero-order valence-corrected chi connectivity index (χ0v) is 40.2. The Bertz CT molecular complexity index is 1120. The average Bonchev–Trinajstić information content (AvgIpc) is 3.26. The van der Waals surface area contributed by atoms with Gasteiger partial charge in [-0.3, -0.25) is 14.4 Å². The molecular formula is C55H96O6. The minimum atomic E-state index is -0.785.